The molecule has 1 amide bonds. The van der Waals surface area contributed by atoms with Gasteiger partial charge in [-0.2, -0.15) is 14.8 Å². The van der Waals surface area contributed by atoms with Crippen molar-refractivity contribution in [2.45, 2.75) is 46.6 Å². The number of nitrogens with one attached hydrogen (secondary N) is 1. The summed E-state index contributed by atoms with van der Waals surface area (Å²) in [6.07, 6.45) is 2.55. The van der Waals surface area contributed by atoms with E-state index in [-0.39, 0.29) is 29.7 Å². The summed E-state index contributed by atoms with van der Waals surface area (Å²) < 4.78 is 1.29. The molecule has 0 aliphatic rings. The van der Waals surface area contributed by atoms with Crippen molar-refractivity contribution in [3.05, 3.63) is 57.0 Å². The number of aryl methyl sites for hydroxylation is 1. The fourth-order valence-corrected chi connectivity index (χ4v) is 3.01. The number of H-pyrrole nitrogens is 1. The average molecular weight is 378 g/mol. The molecule has 0 fully saturated rings. The lowest BCUT2D eigenvalue weighted by Crippen LogP contribution is -2.29. The molecule has 0 atom stereocenters. The number of amides is 1. The number of nitriles is 1. The van der Waals surface area contributed by atoms with Crippen LogP contribution in [0.15, 0.2) is 29.1 Å². The van der Waals surface area contributed by atoms with Crippen LogP contribution in [-0.2, 0) is 17.8 Å². The van der Waals surface area contributed by atoms with Crippen LogP contribution >= 0.6 is 0 Å². The van der Waals surface area contributed by atoms with Crippen molar-refractivity contribution >= 4 is 17.6 Å². The Kier molecular flexibility index (Phi) is 5.54. The summed E-state index contributed by atoms with van der Waals surface area (Å²) in [5, 5.41) is 11.8. The maximum absolute atomic E-state index is 12.8. The van der Waals surface area contributed by atoms with Gasteiger partial charge in [0.05, 0.1) is 23.9 Å². The molecule has 8 heteroatoms. The smallest absolute Gasteiger partial charge is 0.277 e. The summed E-state index contributed by atoms with van der Waals surface area (Å²) in [7, 11) is 0. The monoisotopic (exact) mass is 378 g/mol. The number of aromatic nitrogens is 4. The van der Waals surface area contributed by atoms with Gasteiger partial charge in [0.25, 0.3) is 11.3 Å². The molecule has 3 aromatic rings. The van der Waals surface area contributed by atoms with Gasteiger partial charge in [0.2, 0.25) is 11.9 Å². The van der Waals surface area contributed by atoms with Crippen LogP contribution in [0.4, 0.5) is 5.95 Å². The van der Waals surface area contributed by atoms with Crippen LogP contribution in [0.1, 0.15) is 49.1 Å². The predicted octanol–water partition coefficient (Wildman–Crippen LogP) is 2.49. The van der Waals surface area contributed by atoms with E-state index in [0.717, 1.165) is 18.4 Å². The number of unbranched alkanes of at least 4 members (excludes halogenated alkanes) is 1. The number of rotatable bonds is 6. The van der Waals surface area contributed by atoms with Gasteiger partial charge in [-0.25, -0.2) is 4.98 Å². The summed E-state index contributed by atoms with van der Waals surface area (Å²) in [6.45, 7) is 5.57. The van der Waals surface area contributed by atoms with Crippen LogP contribution in [0.3, 0.4) is 0 Å². The lowest BCUT2D eigenvalue weighted by atomic mass is 10.1. The topological polar surface area (TPSA) is 107 Å². The molecule has 3 rings (SSSR count). The third kappa shape index (κ3) is 3.78. The quantitative estimate of drug-likeness (QED) is 0.709. The Labute approximate surface area is 162 Å². The summed E-state index contributed by atoms with van der Waals surface area (Å²) in [6, 6.07) is 9.03. The zero-order valence-corrected chi connectivity index (χ0v) is 16.2. The maximum Gasteiger partial charge on any atom is 0.277 e. The normalized spacial score (nSPS) is 10.8. The molecule has 0 saturated carbocycles. The molecular formula is C20H22N6O2. The first-order chi connectivity index (χ1) is 13.4. The first kappa shape index (κ1) is 19.3. The molecule has 0 unspecified atom stereocenters. The first-order valence-electron chi connectivity index (χ1n) is 9.20. The van der Waals surface area contributed by atoms with E-state index in [1.165, 1.54) is 16.3 Å². The number of fused-ring (bicyclic) bond motifs is 1. The number of hydrogen-bond acceptors (Lipinski definition) is 5. The predicted molar refractivity (Wildman–Crippen MR) is 105 cm³/mol. The minimum absolute atomic E-state index is 0.184. The van der Waals surface area contributed by atoms with E-state index in [9.17, 15) is 9.59 Å². The second-order valence-corrected chi connectivity index (χ2v) is 6.68. The van der Waals surface area contributed by atoms with Crippen molar-refractivity contribution in [2.75, 3.05) is 4.90 Å². The van der Waals surface area contributed by atoms with Gasteiger partial charge < -0.3 is 0 Å². The second kappa shape index (κ2) is 8.05. The number of aromatic amines is 1. The molecule has 1 N–H and O–H groups in total. The lowest BCUT2D eigenvalue weighted by Gasteiger charge is -2.17. The number of nitrogens with zero attached hydrogens (tertiary/aromatic N) is 5. The average Bonchev–Trinajstić information content (AvgIpc) is 3.10. The summed E-state index contributed by atoms with van der Waals surface area (Å²) in [5.74, 6) is 0.275. The third-order valence-corrected chi connectivity index (χ3v) is 4.62. The maximum atomic E-state index is 12.8. The molecule has 0 aliphatic carbocycles. The molecule has 0 spiro atoms. The van der Waals surface area contributed by atoms with Crippen LogP contribution in [0.25, 0.3) is 5.78 Å². The fraction of sp³-hybridized carbons (Fsp3) is 0.350. The van der Waals surface area contributed by atoms with Crippen molar-refractivity contribution < 1.29 is 4.79 Å². The molecule has 2 heterocycles. The van der Waals surface area contributed by atoms with E-state index in [2.05, 4.69) is 28.1 Å². The van der Waals surface area contributed by atoms with Crippen LogP contribution in [0.2, 0.25) is 0 Å². The van der Waals surface area contributed by atoms with E-state index in [4.69, 9.17) is 5.26 Å². The molecule has 0 radical (unpaired) electrons. The van der Waals surface area contributed by atoms with Crippen LogP contribution in [0, 0.1) is 18.3 Å². The second-order valence-electron chi connectivity index (χ2n) is 6.68. The minimum Gasteiger partial charge on any atom is -0.277 e. The lowest BCUT2D eigenvalue weighted by molar-refractivity contribution is -0.116. The minimum atomic E-state index is -0.223. The number of carbonyl (C=O) groups excluding carboxylic acids is 1. The molecule has 28 heavy (non-hydrogen) atoms. The van der Waals surface area contributed by atoms with Gasteiger partial charge in [0.1, 0.15) is 0 Å². The third-order valence-electron chi connectivity index (χ3n) is 4.62. The zero-order chi connectivity index (χ0) is 20.3. The molecular weight excluding hydrogens is 356 g/mol. The number of carbonyl (C=O) groups is 1. The molecule has 8 nitrogen and oxygen atoms in total. The van der Waals surface area contributed by atoms with Crippen molar-refractivity contribution in [1.82, 2.24) is 19.6 Å². The Balaban J connectivity index is 1.99. The standard InChI is InChI=1S/C20H22N6O2/c1-4-5-6-17-13(2)22-19-23-20(24-26(19)18(17)28)25(14(3)27)12-16-9-7-15(11-21)8-10-16/h7-10H,4-6,12H2,1-3H3,(H,22,23,24). The van der Waals surface area contributed by atoms with Gasteiger partial charge in [-0.1, -0.05) is 25.5 Å². The van der Waals surface area contributed by atoms with E-state index in [1.807, 2.05) is 0 Å². The number of benzene rings is 1. The Morgan fingerprint density at radius 1 is 1.29 bits per heavy atom. The van der Waals surface area contributed by atoms with Crippen molar-refractivity contribution in [3.63, 3.8) is 0 Å². The van der Waals surface area contributed by atoms with E-state index < -0.39 is 0 Å². The SMILES string of the molecule is CCCCc1c(C)nc2nc(N(Cc3ccc(C#N)cc3)C(C)=O)[nH]n2c1=O. The van der Waals surface area contributed by atoms with Crippen LogP contribution < -0.4 is 10.5 Å². The first-order valence-corrected chi connectivity index (χ1v) is 9.20. The van der Waals surface area contributed by atoms with Crippen molar-refractivity contribution in [1.29, 1.82) is 5.26 Å². The van der Waals surface area contributed by atoms with E-state index in [0.29, 0.717) is 23.2 Å². The molecule has 0 aliphatic heterocycles. The highest BCUT2D eigenvalue weighted by atomic mass is 16.2. The zero-order valence-electron chi connectivity index (χ0n) is 16.2. The summed E-state index contributed by atoms with van der Waals surface area (Å²) in [4.78, 5) is 35.2. The van der Waals surface area contributed by atoms with Crippen LogP contribution in [-0.4, -0.2) is 25.5 Å². The van der Waals surface area contributed by atoms with E-state index >= 15 is 0 Å². The van der Waals surface area contributed by atoms with Gasteiger partial charge in [0, 0.05) is 12.5 Å². The molecule has 0 saturated heterocycles. The van der Waals surface area contributed by atoms with Crippen molar-refractivity contribution in [3.8, 4) is 6.07 Å². The van der Waals surface area contributed by atoms with Crippen LogP contribution in [0.5, 0.6) is 0 Å². The fourth-order valence-electron chi connectivity index (χ4n) is 3.01. The number of anilines is 1. The Morgan fingerprint density at radius 3 is 2.61 bits per heavy atom. The van der Waals surface area contributed by atoms with Crippen molar-refractivity contribution in [2.24, 2.45) is 0 Å². The van der Waals surface area contributed by atoms with E-state index in [1.54, 1.807) is 31.2 Å². The largest absolute Gasteiger partial charge is 0.277 e. The van der Waals surface area contributed by atoms with Gasteiger partial charge >= 0.3 is 0 Å². The van der Waals surface area contributed by atoms with Gasteiger partial charge in [-0.05, 0) is 37.5 Å². The van der Waals surface area contributed by atoms with Gasteiger partial charge in [-0.3, -0.25) is 19.6 Å². The Hall–Kier alpha value is -3.47. The molecule has 144 valence electrons. The summed E-state index contributed by atoms with van der Waals surface area (Å²) >= 11 is 0. The molecule has 2 aromatic heterocycles. The Bertz CT molecular complexity index is 1100. The highest BCUT2D eigenvalue weighted by molar-refractivity contribution is 5.89. The molecule has 0 bridgehead atoms. The highest BCUT2D eigenvalue weighted by Gasteiger charge is 2.19. The number of hydrogen-bond donors (Lipinski definition) is 1. The highest BCUT2D eigenvalue weighted by Crippen LogP contribution is 2.15. The molecule has 1 aromatic carbocycles. The van der Waals surface area contributed by atoms with Gasteiger partial charge in [0.15, 0.2) is 0 Å². The summed E-state index contributed by atoms with van der Waals surface area (Å²) in [5.41, 5.74) is 2.54. The Morgan fingerprint density at radius 2 is 2.00 bits per heavy atom. The van der Waals surface area contributed by atoms with Gasteiger partial charge in [-0.15, -0.1) is 0 Å².